The molecule has 4 nitrogen and oxygen atoms in total. The number of hydrogen-bond acceptors (Lipinski definition) is 3. The molecule has 1 aromatic heterocycles. The first-order valence-electron chi connectivity index (χ1n) is 4.51. The fourth-order valence-electron chi connectivity index (χ4n) is 1.45. The number of hydrazine groups is 1. The molecule has 0 unspecified atom stereocenters. The zero-order valence-corrected chi connectivity index (χ0v) is 8.85. The van der Waals surface area contributed by atoms with E-state index in [1.807, 2.05) is 24.3 Å². The molecule has 0 atom stereocenters. The minimum atomic E-state index is 0.526. The van der Waals surface area contributed by atoms with Crippen LogP contribution in [0, 0.1) is 0 Å². The summed E-state index contributed by atoms with van der Waals surface area (Å²) in [7, 11) is 0. The summed E-state index contributed by atoms with van der Waals surface area (Å²) in [6.07, 6.45) is 1.71. The highest BCUT2D eigenvalue weighted by Crippen LogP contribution is 2.24. The van der Waals surface area contributed by atoms with Crippen LogP contribution in [-0.2, 0) is 0 Å². The number of anilines is 1. The number of fused-ring (bicyclic) bond motifs is 1. The maximum Gasteiger partial charge on any atom is 0.174 e. The van der Waals surface area contributed by atoms with Crippen molar-refractivity contribution in [2.24, 2.45) is 5.84 Å². The molecule has 5 heteroatoms. The lowest BCUT2D eigenvalue weighted by molar-refractivity contribution is 0.887. The zero-order chi connectivity index (χ0) is 10.8. The lowest BCUT2D eigenvalue weighted by atomic mass is 10.2. The van der Waals surface area contributed by atoms with Gasteiger partial charge < -0.3 is 0 Å². The Kier molecular flexibility index (Phi) is 2.62. The van der Waals surface area contributed by atoms with E-state index in [1.54, 1.807) is 6.08 Å². The lowest BCUT2D eigenvalue weighted by Gasteiger charge is -2.12. The highest BCUT2D eigenvalue weighted by molar-refractivity contribution is 6.19. The van der Waals surface area contributed by atoms with Crippen LogP contribution in [0.15, 0.2) is 36.9 Å². The van der Waals surface area contributed by atoms with Crippen LogP contribution >= 0.6 is 11.8 Å². The highest BCUT2D eigenvalue weighted by Gasteiger charge is 2.11. The van der Waals surface area contributed by atoms with Gasteiger partial charge in [0, 0.05) is 17.2 Å². The molecule has 0 aliphatic heterocycles. The second-order valence-electron chi connectivity index (χ2n) is 3.14. The maximum atomic E-state index is 5.92. The topological polar surface area (TPSA) is 47.1 Å². The molecule has 0 fully saturated rings. The quantitative estimate of drug-likeness (QED) is 0.490. The Balaban J connectivity index is 2.56. The van der Waals surface area contributed by atoms with Crippen LogP contribution in [0.3, 0.4) is 0 Å². The second-order valence-corrected chi connectivity index (χ2v) is 3.46. The number of halogens is 1. The summed E-state index contributed by atoms with van der Waals surface area (Å²) in [5.41, 5.74) is 0.841. The summed E-state index contributed by atoms with van der Waals surface area (Å²) in [6.45, 7) is 4.15. The Morgan fingerprint density at radius 2 is 2.27 bits per heavy atom. The van der Waals surface area contributed by atoms with Crippen molar-refractivity contribution in [1.82, 2.24) is 9.30 Å². The van der Waals surface area contributed by atoms with Crippen molar-refractivity contribution in [1.29, 1.82) is 0 Å². The first-order chi connectivity index (χ1) is 7.24. The van der Waals surface area contributed by atoms with Crippen molar-refractivity contribution in [3.05, 3.63) is 36.9 Å². The fourth-order valence-corrected chi connectivity index (χ4v) is 1.67. The minimum Gasteiger partial charge on any atom is -0.289 e. The molecule has 1 heterocycles. The second kappa shape index (κ2) is 3.92. The van der Waals surface area contributed by atoms with Gasteiger partial charge in [0.2, 0.25) is 0 Å². The van der Waals surface area contributed by atoms with Crippen molar-refractivity contribution in [2.45, 2.75) is 0 Å². The first kappa shape index (κ1) is 10.0. The van der Waals surface area contributed by atoms with E-state index in [1.165, 1.54) is 9.21 Å². The van der Waals surface area contributed by atoms with Crippen molar-refractivity contribution in [3.8, 4) is 0 Å². The maximum absolute atomic E-state index is 5.92. The predicted molar refractivity (Wildman–Crippen MR) is 62.7 cm³/mol. The summed E-state index contributed by atoms with van der Waals surface area (Å²) in [5.74, 6) is 6.47. The van der Waals surface area contributed by atoms with Gasteiger partial charge in [-0.15, -0.1) is 11.7 Å². The van der Waals surface area contributed by atoms with Gasteiger partial charge in [-0.05, 0) is 12.1 Å². The average Bonchev–Trinajstić information content (AvgIpc) is 2.58. The van der Waals surface area contributed by atoms with Crippen molar-refractivity contribution in [3.63, 3.8) is 0 Å². The Labute approximate surface area is 92.6 Å². The third-order valence-electron chi connectivity index (χ3n) is 2.12. The summed E-state index contributed by atoms with van der Waals surface area (Å²) in [5, 5.41) is 6.58. The smallest absolute Gasteiger partial charge is 0.174 e. The van der Waals surface area contributed by atoms with Crippen molar-refractivity contribution in [2.75, 3.05) is 11.6 Å². The standard InChI is InChI=1S/C10H11ClN4/c1-2-7-14(12)10-8-5-3-4-6-9(8)15(11)13-10/h2-6H,1,7,12H2. The normalized spacial score (nSPS) is 10.5. The Hall–Kier alpha value is -1.52. The van der Waals surface area contributed by atoms with Crippen LogP contribution in [0.5, 0.6) is 0 Å². The monoisotopic (exact) mass is 222 g/mol. The van der Waals surface area contributed by atoms with Gasteiger partial charge in [-0.1, -0.05) is 18.2 Å². The third-order valence-corrected chi connectivity index (χ3v) is 2.38. The van der Waals surface area contributed by atoms with Gasteiger partial charge >= 0.3 is 0 Å². The molecular weight excluding hydrogens is 212 g/mol. The molecule has 0 aliphatic carbocycles. The van der Waals surface area contributed by atoms with E-state index in [9.17, 15) is 0 Å². The van der Waals surface area contributed by atoms with E-state index in [-0.39, 0.29) is 0 Å². The van der Waals surface area contributed by atoms with Crippen molar-refractivity contribution < 1.29 is 0 Å². The Morgan fingerprint density at radius 3 is 3.00 bits per heavy atom. The number of para-hydroxylation sites is 1. The van der Waals surface area contributed by atoms with Crippen LogP contribution in [0.4, 0.5) is 5.82 Å². The van der Waals surface area contributed by atoms with Crippen LogP contribution in [0.1, 0.15) is 0 Å². The largest absolute Gasteiger partial charge is 0.289 e. The summed E-state index contributed by atoms with van der Waals surface area (Å²) in [4.78, 5) is 0. The molecule has 2 aromatic rings. The molecule has 2 rings (SSSR count). The molecule has 0 radical (unpaired) electrons. The number of aromatic nitrogens is 2. The molecule has 0 spiro atoms. The highest BCUT2D eigenvalue weighted by atomic mass is 35.5. The molecule has 78 valence electrons. The first-order valence-corrected chi connectivity index (χ1v) is 4.85. The summed E-state index contributed by atoms with van der Waals surface area (Å²) >= 11 is 5.92. The van der Waals surface area contributed by atoms with Gasteiger partial charge in [0.05, 0.1) is 12.1 Å². The molecule has 0 amide bonds. The van der Waals surface area contributed by atoms with Gasteiger partial charge in [0.1, 0.15) is 0 Å². The zero-order valence-electron chi connectivity index (χ0n) is 8.10. The minimum absolute atomic E-state index is 0.526. The van der Waals surface area contributed by atoms with E-state index in [4.69, 9.17) is 17.6 Å². The number of rotatable bonds is 3. The molecule has 2 N–H and O–H groups in total. The van der Waals surface area contributed by atoms with Gasteiger partial charge in [0.25, 0.3) is 0 Å². The number of benzene rings is 1. The summed E-state index contributed by atoms with van der Waals surface area (Å²) in [6, 6.07) is 7.65. The van der Waals surface area contributed by atoms with Gasteiger partial charge in [0.15, 0.2) is 5.82 Å². The Bertz CT molecular complexity index is 491. The molecule has 0 aliphatic rings. The van der Waals surface area contributed by atoms with E-state index < -0.39 is 0 Å². The molecule has 0 saturated heterocycles. The molecule has 15 heavy (non-hydrogen) atoms. The third kappa shape index (κ3) is 1.69. The summed E-state index contributed by atoms with van der Waals surface area (Å²) < 4.78 is 1.30. The van der Waals surface area contributed by atoms with Gasteiger partial charge in [-0.3, -0.25) is 5.01 Å². The average molecular weight is 223 g/mol. The van der Waals surface area contributed by atoms with E-state index >= 15 is 0 Å². The number of nitrogens with zero attached hydrogens (tertiary/aromatic N) is 3. The molecule has 0 bridgehead atoms. The predicted octanol–water partition coefficient (Wildman–Crippen LogP) is 1.90. The van der Waals surface area contributed by atoms with E-state index in [0.717, 1.165) is 10.9 Å². The van der Waals surface area contributed by atoms with Crippen molar-refractivity contribution >= 4 is 28.5 Å². The molecule has 0 saturated carbocycles. The SMILES string of the molecule is C=CCN(N)c1nn(Cl)c2ccccc12. The Morgan fingerprint density at radius 1 is 1.53 bits per heavy atom. The van der Waals surface area contributed by atoms with Gasteiger partial charge in [-0.25, -0.2) is 5.84 Å². The van der Waals surface area contributed by atoms with Gasteiger partial charge in [-0.2, -0.15) is 4.20 Å². The molecule has 1 aromatic carbocycles. The van der Waals surface area contributed by atoms with Crippen LogP contribution in [-0.4, -0.2) is 15.8 Å². The molecular formula is C10H11ClN4. The van der Waals surface area contributed by atoms with E-state index in [2.05, 4.69) is 11.7 Å². The fraction of sp³-hybridized carbons (Fsp3) is 0.100. The van der Waals surface area contributed by atoms with E-state index in [0.29, 0.717) is 12.4 Å². The van der Waals surface area contributed by atoms with Crippen LogP contribution in [0.2, 0.25) is 0 Å². The lowest BCUT2D eigenvalue weighted by Crippen LogP contribution is -2.31. The van der Waals surface area contributed by atoms with Crippen LogP contribution in [0.25, 0.3) is 10.9 Å². The number of nitrogens with two attached hydrogens (primary N) is 1. The number of hydrogen-bond donors (Lipinski definition) is 1. The van der Waals surface area contributed by atoms with Crippen LogP contribution < -0.4 is 10.9 Å².